The number of ketones is 10. The molecule has 6 aromatic carbocycles. The number of thioether (sulfide) groups is 1. The smallest absolute Gasteiger partial charge is 0.271 e. The first-order valence-corrected chi connectivity index (χ1v) is 51.5. The molecule has 0 spiro atoms. The Morgan fingerprint density at radius 2 is 0.672 bits per heavy atom. The number of hydrogen-bond donors (Lipinski definition) is 6. The van der Waals surface area contributed by atoms with Gasteiger partial charge in [0, 0.05) is 99.7 Å². The first-order valence-electron chi connectivity index (χ1n) is 39.4. The van der Waals surface area contributed by atoms with Gasteiger partial charge in [-0.3, -0.25) is 66.8 Å². The molecule has 0 unspecified atom stereocenters. The Hall–Kier alpha value is -12.5. The second-order valence-electron chi connectivity index (χ2n) is 29.1. The van der Waals surface area contributed by atoms with Crippen molar-refractivity contribution in [1.82, 2.24) is 34.0 Å². The fraction of sp³-hybridized carbons (Fsp3) is 0.156. The number of nitrogens with zero attached hydrogens (tertiary/aromatic N) is 2. The Morgan fingerprint density at radius 3 is 1.05 bits per heavy atom. The molecule has 0 atom stereocenters. The SMILES string of the molecule is C=CCNC1=C(NS(=O)(=O)c2cccs2)C(=O)c2ccccc2C1=O.NC1=C(CS(=O)(=O)c2cccs2)C(=O)c2ccccc2C1=O.O=C1C(NS(=O)(=O)C2=CCCS2)=C(c2ccccc2)C(=O)c2ccccc21.O=C1C(NS(=O)(=O)c2cccs2)=C(N2CCCCC2)C(=O)c2ccccc21.O=C1C(NS(=O)(=O)c2cccs2)=C(N2CCCCC2)C(=O)c2ccccc21. The molecule has 0 saturated carbocycles. The number of Topliss-reactive ketones (excluding diaryl/α,β-unsaturated/α-hetero) is 10. The topological polar surface area (TPSA) is 434 Å². The number of sulfonamides is 4. The zero-order valence-corrected chi connectivity index (χ0v) is 75.5. The average Bonchev–Trinajstić information content (AvgIpc) is 1.20. The number of piperidine rings is 2. The van der Waals surface area contributed by atoms with Gasteiger partial charge in [-0.2, -0.15) is 0 Å². The van der Waals surface area contributed by atoms with Crippen LogP contribution in [-0.2, 0) is 49.9 Å². The van der Waals surface area contributed by atoms with Gasteiger partial charge in [0.15, 0.2) is 21.4 Å². The molecule has 7 N–H and O–H groups in total. The fourth-order valence-corrected chi connectivity index (χ4v) is 26.0. The Balaban J connectivity index is 0.000000130. The molecule has 656 valence electrons. The van der Waals surface area contributed by atoms with Crippen molar-refractivity contribution in [2.75, 3.05) is 44.2 Å². The number of rotatable bonds is 21. The minimum atomic E-state index is -3.96. The largest absolute Gasteiger partial charge is 0.395 e. The molecule has 8 aliphatic rings. The van der Waals surface area contributed by atoms with Crippen molar-refractivity contribution in [3.8, 4) is 0 Å². The van der Waals surface area contributed by atoms with Crippen LogP contribution in [0.5, 0.6) is 0 Å². The number of benzene rings is 6. The number of hydrogen-bond acceptors (Lipinski definition) is 29. The van der Waals surface area contributed by atoms with Crippen molar-refractivity contribution in [3.05, 3.63) is 357 Å². The second-order valence-corrected chi connectivity index (χ2v) is 43.8. The molecule has 0 bridgehead atoms. The Labute approximate surface area is 757 Å². The summed E-state index contributed by atoms with van der Waals surface area (Å²) >= 11 is 5.41. The van der Waals surface area contributed by atoms with Gasteiger partial charge >= 0.3 is 0 Å². The van der Waals surface area contributed by atoms with Crippen LogP contribution in [0.15, 0.2) is 313 Å². The van der Waals surface area contributed by atoms with Crippen LogP contribution in [0.1, 0.15) is 154 Å². The van der Waals surface area contributed by atoms with Crippen LogP contribution in [0.2, 0.25) is 0 Å². The standard InChI is InChI=1S/C20H15NO4S2.2C19H18N2O4S2.C17H14N2O4S2.C15H11NO4S2/c22-19-14-9-4-5-10-15(14)20(23)18(17(19)13-7-2-1-3-8-13)21-27(24,25)16-11-6-12-26-16;2*22-18-13-7-2-3-8-14(13)19(23)17(21-10-4-1-5-11-21)16(18)20-27(24,25)15-9-6-12-26-15;1-2-9-18-14-15(19-25(22,23)13-8-5-10-24-13)17(21)12-7-4-3-6-11(12)16(14)20;16-13-11(8-22(19,20)12-6-3-7-21-12)14(17)9-4-1-2-5-10(9)15(13)18/h1-5,7-11,21H,6,12H2;2*2-3,6-9,12,20H,1,4-5,10-11H2;2-8,10,18-19H,1,9H2;1-7H,8,16H2. The van der Waals surface area contributed by atoms with E-state index in [1.165, 1.54) is 72.4 Å². The van der Waals surface area contributed by atoms with Crippen LogP contribution in [0.3, 0.4) is 0 Å². The Morgan fingerprint density at radius 1 is 0.344 bits per heavy atom. The van der Waals surface area contributed by atoms with Gasteiger partial charge in [-0.25, -0.2) is 42.1 Å². The Bertz CT molecular complexity index is 6860. The van der Waals surface area contributed by atoms with Crippen LogP contribution in [0, 0.1) is 0 Å². The van der Waals surface area contributed by atoms with Crippen LogP contribution < -0.4 is 29.9 Å². The lowest BCUT2D eigenvalue weighted by molar-refractivity contribution is 0.0930. The van der Waals surface area contributed by atoms with E-state index >= 15 is 0 Å². The maximum atomic E-state index is 13.2. The molecule has 0 radical (unpaired) electrons. The molecule has 2 fully saturated rings. The summed E-state index contributed by atoms with van der Waals surface area (Å²) in [5.41, 5.74) is 7.74. The molecule has 0 amide bonds. The van der Waals surface area contributed by atoms with E-state index in [9.17, 15) is 90.0 Å². The minimum absolute atomic E-state index is 0.0576. The number of thiophene rings is 4. The van der Waals surface area contributed by atoms with Crippen LogP contribution >= 0.6 is 57.1 Å². The van der Waals surface area contributed by atoms with Gasteiger partial charge in [0.2, 0.25) is 46.3 Å². The molecule has 38 heteroatoms. The van der Waals surface area contributed by atoms with Gasteiger partial charge < -0.3 is 20.9 Å². The summed E-state index contributed by atoms with van der Waals surface area (Å²) < 4.78 is 136. The first kappa shape index (κ1) is 91.7. The third-order valence-corrected chi connectivity index (χ3v) is 35.3. The molecule has 3 aliphatic heterocycles. The van der Waals surface area contributed by atoms with E-state index < -0.39 is 96.2 Å². The Kier molecular flexibility index (Phi) is 27.9. The normalized spacial score (nSPS) is 16.5. The summed E-state index contributed by atoms with van der Waals surface area (Å²) in [5, 5.41) is 9.33. The van der Waals surface area contributed by atoms with E-state index in [1.807, 2.05) is 9.80 Å². The zero-order valence-electron chi connectivity index (χ0n) is 67.3. The molecular weight excluding hydrogens is 1830 g/mol. The lowest BCUT2D eigenvalue weighted by atomic mass is 9.84. The van der Waals surface area contributed by atoms with Crippen LogP contribution in [-0.4, -0.2) is 154 Å². The number of likely N-dealkylation sites (tertiary alicyclic amines) is 2. The van der Waals surface area contributed by atoms with Crippen molar-refractivity contribution in [2.45, 2.75) is 61.8 Å². The number of sulfone groups is 1. The summed E-state index contributed by atoms with van der Waals surface area (Å²) in [4.78, 5) is 133. The third kappa shape index (κ3) is 19.3. The highest BCUT2D eigenvalue weighted by molar-refractivity contribution is 8.18. The number of carbonyl (C=O) groups excluding carboxylic acids is 10. The van der Waals surface area contributed by atoms with E-state index in [4.69, 9.17) is 5.73 Å². The lowest BCUT2D eigenvalue weighted by Crippen LogP contribution is -2.41. The fourth-order valence-electron chi connectivity index (χ4n) is 14.8. The number of allylic oxidation sites excluding steroid dienone is 10. The quantitative estimate of drug-likeness (QED) is 0.0364. The van der Waals surface area contributed by atoms with Gasteiger partial charge in [-0.05, 0) is 96.3 Å². The lowest BCUT2D eigenvalue weighted by Gasteiger charge is -2.34. The highest BCUT2D eigenvalue weighted by Crippen LogP contribution is 2.38. The summed E-state index contributed by atoms with van der Waals surface area (Å²) in [7, 11) is -19.5. The van der Waals surface area contributed by atoms with Gasteiger partial charge in [-0.15, -0.1) is 63.7 Å². The number of nitrogens with two attached hydrogens (primary N) is 1. The van der Waals surface area contributed by atoms with Crippen molar-refractivity contribution < 1.29 is 90.0 Å². The first-order chi connectivity index (χ1) is 61.3. The third-order valence-electron chi connectivity index (χ3n) is 20.8. The molecule has 7 heterocycles. The van der Waals surface area contributed by atoms with Gasteiger partial charge in [0.25, 0.3) is 40.1 Å². The molecule has 28 nitrogen and oxygen atoms in total. The molecule has 5 aliphatic carbocycles. The summed E-state index contributed by atoms with van der Waals surface area (Å²) in [6.07, 6.45) is 9.50. The maximum Gasteiger partial charge on any atom is 0.271 e. The predicted octanol–water partition coefficient (Wildman–Crippen LogP) is 12.9. The van der Waals surface area contributed by atoms with Crippen molar-refractivity contribution in [2.24, 2.45) is 5.73 Å². The van der Waals surface area contributed by atoms with Gasteiger partial charge in [-0.1, -0.05) is 188 Å². The number of nitrogens with one attached hydrogen (secondary N) is 5. The van der Waals surface area contributed by atoms with Gasteiger partial charge in [0.05, 0.1) is 17.0 Å². The second kappa shape index (κ2) is 39.0. The average molecular weight is 1910 g/mol. The highest BCUT2D eigenvalue weighted by Gasteiger charge is 2.43. The van der Waals surface area contributed by atoms with Crippen molar-refractivity contribution in [3.63, 3.8) is 0 Å². The van der Waals surface area contributed by atoms with Crippen LogP contribution in [0.25, 0.3) is 5.57 Å². The van der Waals surface area contributed by atoms with E-state index in [1.54, 1.807) is 173 Å². The highest BCUT2D eigenvalue weighted by atomic mass is 32.3. The van der Waals surface area contributed by atoms with E-state index in [0.29, 0.717) is 55.0 Å². The zero-order chi connectivity index (χ0) is 91.0. The molecular formula is C90H76N8O20S10. The van der Waals surface area contributed by atoms with E-state index in [-0.39, 0.29) is 146 Å². The number of fused-ring (bicyclic) bond motifs is 5. The maximum absolute atomic E-state index is 13.2. The summed E-state index contributed by atoms with van der Waals surface area (Å²) in [6, 6.07) is 53.0. The molecule has 2 saturated heterocycles. The van der Waals surface area contributed by atoms with E-state index in [0.717, 1.165) is 83.9 Å². The monoisotopic (exact) mass is 1910 g/mol. The van der Waals surface area contributed by atoms with Crippen LogP contribution in [0.4, 0.5) is 0 Å². The molecule has 18 rings (SSSR count). The van der Waals surface area contributed by atoms with Crippen molar-refractivity contribution >= 4 is 170 Å². The molecule has 10 aromatic rings. The number of carbonyl (C=O) groups is 10. The summed E-state index contributed by atoms with van der Waals surface area (Å²) in [6.45, 7) is 6.27. The van der Waals surface area contributed by atoms with E-state index in [2.05, 4.69) is 30.8 Å². The molecule has 128 heavy (non-hydrogen) atoms. The predicted molar refractivity (Wildman–Crippen MR) is 488 cm³/mol. The molecule has 4 aromatic heterocycles. The summed E-state index contributed by atoms with van der Waals surface area (Å²) in [5.74, 6) is -4.33. The minimum Gasteiger partial charge on any atom is -0.395 e. The van der Waals surface area contributed by atoms with Crippen molar-refractivity contribution in [1.29, 1.82) is 0 Å². The van der Waals surface area contributed by atoms with Gasteiger partial charge in [0.1, 0.15) is 61.0 Å².